The molecule has 4 nitrogen and oxygen atoms in total. The number of benzene rings is 1. The van der Waals surface area contributed by atoms with Gasteiger partial charge < -0.3 is 15.5 Å². The normalized spacial score (nSPS) is 15.8. The van der Waals surface area contributed by atoms with Crippen molar-refractivity contribution in [3.8, 4) is 0 Å². The summed E-state index contributed by atoms with van der Waals surface area (Å²) < 4.78 is 0. The van der Waals surface area contributed by atoms with Crippen LogP contribution >= 0.6 is 36.6 Å². The molecule has 0 aromatic heterocycles. The fraction of sp³-hybridized carbons (Fsp3) is 0.588. The minimum absolute atomic E-state index is 0. The summed E-state index contributed by atoms with van der Waals surface area (Å²) in [5.74, 6) is 2.56. The smallest absolute Gasteiger partial charge is 0.228 e. The van der Waals surface area contributed by atoms with Crippen LogP contribution in [-0.2, 0) is 11.2 Å². The third kappa shape index (κ3) is 8.08. The molecule has 0 spiro atoms. The van der Waals surface area contributed by atoms with E-state index < -0.39 is 0 Å². The molecule has 1 aromatic carbocycles. The fourth-order valence-electron chi connectivity index (χ4n) is 2.53. The van der Waals surface area contributed by atoms with Gasteiger partial charge in [-0.05, 0) is 31.2 Å². The first-order valence-electron chi connectivity index (χ1n) is 8.03. The molecule has 1 aromatic rings. The van der Waals surface area contributed by atoms with Crippen LogP contribution in [0.15, 0.2) is 24.3 Å². The second kappa shape index (κ2) is 12.8. The third-order valence-electron chi connectivity index (χ3n) is 4.00. The molecule has 1 saturated heterocycles. The van der Waals surface area contributed by atoms with E-state index in [1.807, 2.05) is 37.9 Å². The van der Waals surface area contributed by atoms with Gasteiger partial charge >= 0.3 is 0 Å². The quantitative estimate of drug-likeness (QED) is 0.747. The number of nitrogens with zero attached hydrogens (tertiary/aromatic N) is 1. The Morgan fingerprint density at radius 3 is 2.42 bits per heavy atom. The largest absolute Gasteiger partial charge is 0.326 e. The first-order chi connectivity index (χ1) is 10.7. The zero-order chi connectivity index (χ0) is 15.8. The molecule has 1 aliphatic rings. The van der Waals surface area contributed by atoms with Crippen molar-refractivity contribution in [3.63, 3.8) is 0 Å². The van der Waals surface area contributed by atoms with Crippen LogP contribution in [0.25, 0.3) is 0 Å². The van der Waals surface area contributed by atoms with Crippen molar-refractivity contribution < 1.29 is 4.79 Å². The molecule has 138 valence electrons. The zero-order valence-corrected chi connectivity index (χ0v) is 16.9. The van der Waals surface area contributed by atoms with E-state index in [0.29, 0.717) is 6.54 Å². The lowest BCUT2D eigenvalue weighted by atomic mass is 10.1. The van der Waals surface area contributed by atoms with E-state index >= 15 is 0 Å². The van der Waals surface area contributed by atoms with E-state index in [2.05, 4.69) is 27.7 Å². The number of rotatable bonds is 7. The van der Waals surface area contributed by atoms with Gasteiger partial charge in [0.2, 0.25) is 5.91 Å². The lowest BCUT2D eigenvalue weighted by Crippen LogP contribution is -2.34. The second-order valence-corrected chi connectivity index (χ2v) is 7.07. The zero-order valence-electron chi connectivity index (χ0n) is 14.4. The molecular weight excluding hydrogens is 365 g/mol. The molecule has 2 N–H and O–H groups in total. The first-order valence-corrected chi connectivity index (χ1v) is 9.19. The van der Waals surface area contributed by atoms with Crippen LogP contribution in [0.2, 0.25) is 0 Å². The number of carbonyl (C=O) groups excluding carboxylic acids is 1. The summed E-state index contributed by atoms with van der Waals surface area (Å²) in [6.07, 6.45) is 1.08. The average molecular weight is 394 g/mol. The lowest BCUT2D eigenvalue weighted by molar-refractivity contribution is -0.119. The lowest BCUT2D eigenvalue weighted by Gasteiger charge is -2.26. The maximum Gasteiger partial charge on any atom is 0.228 e. The molecule has 0 saturated carbocycles. The van der Waals surface area contributed by atoms with Crippen LogP contribution in [0.4, 0.5) is 5.69 Å². The molecular formula is C17H29Cl2N3OS. The number of amides is 1. The highest BCUT2D eigenvalue weighted by Crippen LogP contribution is 2.13. The topological polar surface area (TPSA) is 44.4 Å². The molecule has 0 aliphatic carbocycles. The Labute approximate surface area is 162 Å². The van der Waals surface area contributed by atoms with Crippen molar-refractivity contribution in [2.75, 3.05) is 50.0 Å². The van der Waals surface area contributed by atoms with Crippen molar-refractivity contribution in [3.05, 3.63) is 29.8 Å². The standard InChI is InChI=1S/C17H27N3OS.2ClH/c1-14(13-18-2)17(21)19-16-5-3-15(4-6-16)7-8-20-9-11-22-12-10-20;;/h3-6,14,18H,7-13H2,1-2H3,(H,19,21);2*1H. The Morgan fingerprint density at radius 2 is 1.83 bits per heavy atom. The Morgan fingerprint density at radius 1 is 1.21 bits per heavy atom. The molecule has 2 rings (SSSR count). The summed E-state index contributed by atoms with van der Waals surface area (Å²) in [5, 5.41) is 5.99. The van der Waals surface area contributed by atoms with E-state index in [-0.39, 0.29) is 36.6 Å². The molecule has 1 unspecified atom stereocenters. The van der Waals surface area contributed by atoms with E-state index in [4.69, 9.17) is 0 Å². The Bertz CT molecular complexity index is 467. The van der Waals surface area contributed by atoms with Gasteiger partial charge in [0.1, 0.15) is 0 Å². The van der Waals surface area contributed by atoms with E-state index in [1.54, 1.807) is 0 Å². The molecule has 1 heterocycles. The van der Waals surface area contributed by atoms with E-state index in [0.717, 1.165) is 18.7 Å². The van der Waals surface area contributed by atoms with Crippen LogP contribution in [-0.4, -0.2) is 55.5 Å². The van der Waals surface area contributed by atoms with Crippen LogP contribution < -0.4 is 10.6 Å². The minimum atomic E-state index is -0.0263. The highest BCUT2D eigenvalue weighted by molar-refractivity contribution is 7.99. The molecule has 0 bridgehead atoms. The van der Waals surface area contributed by atoms with Gasteiger partial charge in [-0.15, -0.1) is 24.8 Å². The number of nitrogens with one attached hydrogen (secondary N) is 2. The van der Waals surface area contributed by atoms with Crippen LogP contribution in [0.1, 0.15) is 12.5 Å². The van der Waals surface area contributed by atoms with Crippen molar-refractivity contribution in [1.29, 1.82) is 0 Å². The van der Waals surface area contributed by atoms with Gasteiger partial charge in [-0.2, -0.15) is 11.8 Å². The summed E-state index contributed by atoms with van der Waals surface area (Å²) in [6.45, 7) is 6.17. The monoisotopic (exact) mass is 393 g/mol. The van der Waals surface area contributed by atoms with Gasteiger partial charge in [0.15, 0.2) is 0 Å². The average Bonchev–Trinajstić information content (AvgIpc) is 2.55. The van der Waals surface area contributed by atoms with Crippen LogP contribution in [0.5, 0.6) is 0 Å². The Balaban J connectivity index is 0.00000264. The molecule has 1 atom stereocenters. The first kappa shape index (κ1) is 23.5. The number of hydrogen-bond donors (Lipinski definition) is 2. The molecule has 7 heteroatoms. The van der Waals surface area contributed by atoms with Crippen molar-refractivity contribution in [2.24, 2.45) is 5.92 Å². The number of hydrogen-bond acceptors (Lipinski definition) is 4. The SMILES string of the molecule is CNCC(C)C(=O)Nc1ccc(CCN2CCSCC2)cc1.Cl.Cl. The van der Waals surface area contributed by atoms with Crippen molar-refractivity contribution in [2.45, 2.75) is 13.3 Å². The summed E-state index contributed by atoms with van der Waals surface area (Å²) in [7, 11) is 1.86. The number of thioether (sulfide) groups is 1. The summed E-state index contributed by atoms with van der Waals surface area (Å²) in [6, 6.07) is 8.25. The third-order valence-corrected chi connectivity index (χ3v) is 4.94. The Kier molecular flexibility index (Phi) is 12.6. The minimum Gasteiger partial charge on any atom is -0.326 e. The van der Waals surface area contributed by atoms with Crippen LogP contribution in [0.3, 0.4) is 0 Å². The maximum atomic E-state index is 12.0. The molecule has 24 heavy (non-hydrogen) atoms. The molecule has 1 aliphatic heterocycles. The van der Waals surface area contributed by atoms with E-state index in [1.165, 1.54) is 30.2 Å². The molecule has 1 amide bonds. The van der Waals surface area contributed by atoms with Gasteiger partial charge in [-0.25, -0.2) is 0 Å². The number of anilines is 1. The van der Waals surface area contributed by atoms with Gasteiger partial charge in [-0.1, -0.05) is 19.1 Å². The van der Waals surface area contributed by atoms with E-state index in [9.17, 15) is 4.79 Å². The Hall–Kier alpha value is -0.460. The van der Waals surface area contributed by atoms with Gasteiger partial charge in [0, 0.05) is 49.3 Å². The van der Waals surface area contributed by atoms with Gasteiger partial charge in [-0.3, -0.25) is 4.79 Å². The maximum absolute atomic E-state index is 12.0. The predicted octanol–water partition coefficient (Wildman–Crippen LogP) is 2.92. The van der Waals surface area contributed by atoms with Gasteiger partial charge in [0.25, 0.3) is 0 Å². The van der Waals surface area contributed by atoms with Gasteiger partial charge in [0.05, 0.1) is 0 Å². The van der Waals surface area contributed by atoms with Crippen molar-refractivity contribution >= 4 is 48.2 Å². The molecule has 1 fully saturated rings. The van der Waals surface area contributed by atoms with Crippen molar-refractivity contribution in [1.82, 2.24) is 10.2 Å². The number of halogens is 2. The number of carbonyl (C=O) groups is 1. The summed E-state index contributed by atoms with van der Waals surface area (Å²) in [4.78, 5) is 14.5. The summed E-state index contributed by atoms with van der Waals surface area (Å²) >= 11 is 2.05. The second-order valence-electron chi connectivity index (χ2n) is 5.85. The summed E-state index contributed by atoms with van der Waals surface area (Å²) in [5.41, 5.74) is 2.21. The highest BCUT2D eigenvalue weighted by Gasteiger charge is 2.12. The highest BCUT2D eigenvalue weighted by atomic mass is 35.5. The predicted molar refractivity (Wildman–Crippen MR) is 110 cm³/mol. The molecule has 0 radical (unpaired) electrons. The van der Waals surface area contributed by atoms with Crippen LogP contribution in [0, 0.1) is 5.92 Å². The fourth-order valence-corrected chi connectivity index (χ4v) is 3.51.